The summed E-state index contributed by atoms with van der Waals surface area (Å²) in [4.78, 5) is 21.9. The maximum atomic E-state index is 14.4. The van der Waals surface area contributed by atoms with Gasteiger partial charge in [-0.1, -0.05) is 66.7 Å². The predicted octanol–water partition coefficient (Wildman–Crippen LogP) is 6.34. The number of anilines is 1. The van der Waals surface area contributed by atoms with Gasteiger partial charge in [0, 0.05) is 60.4 Å². The molecule has 0 spiro atoms. The van der Waals surface area contributed by atoms with Gasteiger partial charge in [0.1, 0.15) is 11.2 Å². The van der Waals surface area contributed by atoms with E-state index in [2.05, 4.69) is 58.4 Å². The summed E-state index contributed by atoms with van der Waals surface area (Å²) in [6.45, 7) is 4.29. The van der Waals surface area contributed by atoms with Crippen molar-refractivity contribution in [1.82, 2.24) is 9.88 Å². The van der Waals surface area contributed by atoms with E-state index in [-0.39, 0.29) is 5.91 Å². The maximum absolute atomic E-state index is 14.4. The third-order valence-electron chi connectivity index (χ3n) is 8.32. The molecular weight excluding hydrogens is 496 g/mol. The molecule has 4 aromatic carbocycles. The Bertz CT molecular complexity index is 1720. The molecule has 1 unspecified atom stereocenters. The van der Waals surface area contributed by atoms with Crippen molar-refractivity contribution >= 4 is 33.3 Å². The first kappa shape index (κ1) is 25.5. The number of piperazine rings is 1. The second kappa shape index (κ2) is 10.4. The number of amides is 1. The van der Waals surface area contributed by atoms with E-state index in [0.29, 0.717) is 31.9 Å². The third-order valence-corrected chi connectivity index (χ3v) is 8.32. The summed E-state index contributed by atoms with van der Waals surface area (Å²) in [7, 11) is 1.63. The van der Waals surface area contributed by atoms with Crippen molar-refractivity contribution in [2.24, 2.45) is 5.41 Å². The van der Waals surface area contributed by atoms with E-state index in [4.69, 9.17) is 4.74 Å². The van der Waals surface area contributed by atoms with Crippen molar-refractivity contribution in [1.29, 1.82) is 5.26 Å². The van der Waals surface area contributed by atoms with Gasteiger partial charge in [0.05, 0.1) is 13.2 Å². The standard InChI is InChI=1S/C34H32N4O2/c1-34(23-35,33(39)38-21-19-37(20-22-38)30-15-8-14-29-27(30)17-18-36-29)32(28-12-5-6-16-31(28)40-2)26-13-7-10-24-9-3-4-11-25(24)26/h3-18,32,36H,19-22H2,1-2H3/t32?,34-/m1/s1. The monoisotopic (exact) mass is 528 g/mol. The highest BCUT2D eigenvalue weighted by molar-refractivity contribution is 5.93. The molecule has 40 heavy (non-hydrogen) atoms. The van der Waals surface area contributed by atoms with Gasteiger partial charge in [-0.25, -0.2) is 0 Å². The van der Waals surface area contributed by atoms with E-state index in [0.717, 1.165) is 33.1 Å². The highest BCUT2D eigenvalue weighted by Gasteiger charge is 2.47. The molecule has 1 aromatic heterocycles. The van der Waals surface area contributed by atoms with Gasteiger partial charge in [0.15, 0.2) is 0 Å². The number of carbonyl (C=O) groups excluding carboxylic acids is 1. The average molecular weight is 529 g/mol. The number of nitrogens with zero attached hydrogens (tertiary/aromatic N) is 3. The largest absolute Gasteiger partial charge is 0.496 e. The summed E-state index contributed by atoms with van der Waals surface area (Å²) in [5.41, 5.74) is 2.68. The van der Waals surface area contributed by atoms with Crippen molar-refractivity contribution in [3.63, 3.8) is 0 Å². The summed E-state index contributed by atoms with van der Waals surface area (Å²) in [5, 5.41) is 14.1. The molecule has 6 rings (SSSR count). The fraction of sp³-hybridized carbons (Fsp3) is 0.235. The van der Waals surface area contributed by atoms with Crippen LogP contribution in [0.3, 0.4) is 0 Å². The van der Waals surface area contributed by atoms with Crippen LogP contribution in [0.25, 0.3) is 21.7 Å². The molecule has 5 aromatic rings. The van der Waals surface area contributed by atoms with E-state index < -0.39 is 11.3 Å². The normalized spacial score (nSPS) is 15.9. The summed E-state index contributed by atoms with van der Waals surface area (Å²) in [5.74, 6) is -0.0173. The molecule has 0 saturated carbocycles. The Morgan fingerprint density at radius 2 is 1.57 bits per heavy atom. The van der Waals surface area contributed by atoms with Crippen LogP contribution >= 0.6 is 0 Å². The molecule has 1 N–H and O–H groups in total. The van der Waals surface area contributed by atoms with Crippen LogP contribution in [0, 0.1) is 16.7 Å². The van der Waals surface area contributed by atoms with E-state index in [1.165, 1.54) is 5.39 Å². The van der Waals surface area contributed by atoms with Crippen LogP contribution in [-0.2, 0) is 4.79 Å². The van der Waals surface area contributed by atoms with Crippen molar-refractivity contribution in [2.45, 2.75) is 12.8 Å². The number of ether oxygens (including phenoxy) is 1. The van der Waals surface area contributed by atoms with Crippen LogP contribution < -0.4 is 9.64 Å². The molecule has 2 heterocycles. The summed E-state index contributed by atoms with van der Waals surface area (Å²) < 4.78 is 5.77. The number of rotatable bonds is 6. The Kier molecular flexibility index (Phi) is 6.65. The average Bonchev–Trinajstić information content (AvgIpc) is 3.50. The highest BCUT2D eigenvalue weighted by atomic mass is 16.5. The van der Waals surface area contributed by atoms with Gasteiger partial charge in [0.25, 0.3) is 0 Å². The number of fused-ring (bicyclic) bond motifs is 2. The van der Waals surface area contributed by atoms with Gasteiger partial charge < -0.3 is 19.5 Å². The molecular formula is C34H32N4O2. The fourth-order valence-corrected chi connectivity index (χ4v) is 6.26. The maximum Gasteiger partial charge on any atom is 0.243 e. The number of H-pyrrole nitrogens is 1. The lowest BCUT2D eigenvalue weighted by Gasteiger charge is -2.41. The molecule has 0 aliphatic carbocycles. The summed E-state index contributed by atoms with van der Waals surface area (Å²) >= 11 is 0. The number of nitriles is 1. The zero-order chi connectivity index (χ0) is 27.7. The van der Waals surface area contributed by atoms with Crippen LogP contribution in [0.2, 0.25) is 0 Å². The van der Waals surface area contributed by atoms with E-state index in [1.54, 1.807) is 14.0 Å². The van der Waals surface area contributed by atoms with Gasteiger partial charge >= 0.3 is 0 Å². The number of nitrogens with one attached hydrogen (secondary N) is 1. The molecule has 0 radical (unpaired) electrons. The van der Waals surface area contributed by atoms with Gasteiger partial charge in [-0.3, -0.25) is 4.79 Å². The van der Waals surface area contributed by atoms with Gasteiger partial charge in [-0.05, 0) is 47.5 Å². The zero-order valence-electron chi connectivity index (χ0n) is 22.8. The third kappa shape index (κ3) is 4.24. The van der Waals surface area contributed by atoms with Gasteiger partial charge in [-0.15, -0.1) is 0 Å². The van der Waals surface area contributed by atoms with Crippen LogP contribution in [0.15, 0.2) is 97.2 Å². The number of para-hydroxylation sites is 1. The molecule has 1 aliphatic rings. The number of aromatic nitrogens is 1. The molecule has 1 saturated heterocycles. The zero-order valence-corrected chi connectivity index (χ0v) is 22.8. The van der Waals surface area contributed by atoms with Crippen molar-refractivity contribution in [2.75, 3.05) is 38.2 Å². The first-order chi connectivity index (χ1) is 19.5. The molecule has 200 valence electrons. The number of methoxy groups -OCH3 is 1. The van der Waals surface area contributed by atoms with Crippen LogP contribution in [0.5, 0.6) is 5.75 Å². The minimum absolute atomic E-state index is 0.154. The summed E-state index contributed by atoms with van der Waals surface area (Å²) in [6.07, 6.45) is 1.96. The Balaban J connectivity index is 1.37. The summed E-state index contributed by atoms with van der Waals surface area (Å²) in [6, 6.07) is 32.8. The molecule has 1 fully saturated rings. The second-order valence-electron chi connectivity index (χ2n) is 10.6. The first-order valence-corrected chi connectivity index (χ1v) is 13.7. The van der Waals surface area contributed by atoms with E-state index in [1.807, 2.05) is 59.6 Å². The lowest BCUT2D eigenvalue weighted by molar-refractivity contribution is -0.139. The van der Waals surface area contributed by atoms with E-state index >= 15 is 0 Å². The Morgan fingerprint density at radius 3 is 2.38 bits per heavy atom. The smallest absolute Gasteiger partial charge is 0.243 e. The number of hydrogen-bond donors (Lipinski definition) is 1. The van der Waals surface area contributed by atoms with E-state index in [9.17, 15) is 10.1 Å². The predicted molar refractivity (Wildman–Crippen MR) is 160 cm³/mol. The van der Waals surface area contributed by atoms with Gasteiger partial charge in [0.2, 0.25) is 5.91 Å². The lowest BCUT2D eigenvalue weighted by atomic mass is 9.68. The van der Waals surface area contributed by atoms with Crippen LogP contribution in [0.4, 0.5) is 5.69 Å². The lowest BCUT2D eigenvalue weighted by Crippen LogP contribution is -2.53. The number of aromatic amines is 1. The highest BCUT2D eigenvalue weighted by Crippen LogP contribution is 2.47. The molecule has 6 heteroatoms. The molecule has 6 nitrogen and oxygen atoms in total. The Labute approximate surface area is 234 Å². The molecule has 0 bridgehead atoms. The Hall–Kier alpha value is -4.76. The molecule has 1 amide bonds. The Morgan fingerprint density at radius 1 is 0.875 bits per heavy atom. The number of hydrogen-bond acceptors (Lipinski definition) is 4. The van der Waals surface area contributed by atoms with Crippen molar-refractivity contribution in [3.8, 4) is 11.8 Å². The quantitative estimate of drug-likeness (QED) is 0.279. The topological polar surface area (TPSA) is 72.4 Å². The number of carbonyl (C=O) groups is 1. The second-order valence-corrected chi connectivity index (χ2v) is 10.6. The van der Waals surface area contributed by atoms with Crippen LogP contribution in [-0.4, -0.2) is 49.1 Å². The van der Waals surface area contributed by atoms with Gasteiger partial charge in [-0.2, -0.15) is 5.26 Å². The first-order valence-electron chi connectivity index (χ1n) is 13.7. The molecule has 1 aliphatic heterocycles. The molecule has 2 atom stereocenters. The number of benzene rings is 4. The van der Waals surface area contributed by atoms with Crippen molar-refractivity contribution in [3.05, 3.63) is 108 Å². The minimum atomic E-state index is -1.36. The fourth-order valence-electron chi connectivity index (χ4n) is 6.26. The van der Waals surface area contributed by atoms with Crippen molar-refractivity contribution < 1.29 is 9.53 Å². The SMILES string of the molecule is COc1ccccc1C(c1cccc2ccccc12)[C@@](C)(C#N)C(=O)N1CCN(c2cccc3[nH]ccc23)CC1. The van der Waals surface area contributed by atoms with Crippen LogP contribution in [0.1, 0.15) is 24.0 Å². The minimum Gasteiger partial charge on any atom is -0.496 e.